The highest BCUT2D eigenvalue weighted by Gasteiger charge is 1.99. The summed E-state index contributed by atoms with van der Waals surface area (Å²) in [7, 11) is 0. The van der Waals surface area contributed by atoms with Crippen molar-refractivity contribution in [3.8, 4) is 5.75 Å². The smallest absolute Gasteiger partial charge is 0.328 e. The largest absolute Gasteiger partial charge is 0.494 e. The van der Waals surface area contributed by atoms with Crippen molar-refractivity contribution in [3.63, 3.8) is 0 Å². The lowest BCUT2D eigenvalue weighted by Gasteiger charge is -2.07. The maximum absolute atomic E-state index is 10.6. The van der Waals surface area contributed by atoms with Crippen LogP contribution >= 0.6 is 0 Å². The van der Waals surface area contributed by atoms with Gasteiger partial charge in [0.2, 0.25) is 0 Å². The van der Waals surface area contributed by atoms with Crippen LogP contribution in [0.15, 0.2) is 30.3 Å². The van der Waals surface area contributed by atoms with Crippen molar-refractivity contribution >= 4 is 11.5 Å². The van der Waals surface area contributed by atoms with Gasteiger partial charge in [0.15, 0.2) is 0 Å². The highest BCUT2D eigenvalue weighted by Crippen LogP contribution is 2.18. The number of benzene rings is 1. The van der Waals surface area contributed by atoms with E-state index in [1.807, 2.05) is 24.3 Å². The normalized spacial score (nSPS) is 11.3. The lowest BCUT2D eigenvalue weighted by molar-refractivity contribution is -0.131. The highest BCUT2D eigenvalue weighted by atomic mass is 16.5. The number of carboxylic acids is 1. The Morgan fingerprint density at radius 1 is 1.28 bits per heavy atom. The summed E-state index contributed by atoms with van der Waals surface area (Å²) in [5, 5.41) is 8.67. The van der Waals surface area contributed by atoms with E-state index in [1.165, 1.54) is 18.9 Å². The quantitative estimate of drug-likeness (QED) is 0.590. The maximum Gasteiger partial charge on any atom is 0.328 e. The molecule has 0 heterocycles. The van der Waals surface area contributed by atoms with Crippen LogP contribution in [0, 0.1) is 0 Å². The molecule has 3 nitrogen and oxygen atoms in total. The molecule has 0 saturated carbocycles. The van der Waals surface area contributed by atoms with E-state index in [-0.39, 0.29) is 0 Å². The monoisotopic (exact) mass is 248 g/mol. The Morgan fingerprint density at radius 3 is 2.50 bits per heavy atom. The molecule has 0 atom stereocenters. The predicted octanol–water partition coefficient (Wildman–Crippen LogP) is 3.74. The van der Waals surface area contributed by atoms with E-state index in [0.717, 1.165) is 29.9 Å². The Balaban J connectivity index is 2.54. The summed E-state index contributed by atoms with van der Waals surface area (Å²) in [6.07, 6.45) is 4.63. The average Bonchev–Trinajstić information content (AvgIpc) is 2.34. The van der Waals surface area contributed by atoms with Gasteiger partial charge in [0.05, 0.1) is 6.61 Å². The molecule has 0 aromatic heterocycles. The molecule has 0 unspecified atom stereocenters. The molecule has 0 spiro atoms. The summed E-state index contributed by atoms with van der Waals surface area (Å²) in [4.78, 5) is 10.6. The van der Waals surface area contributed by atoms with Crippen LogP contribution in [0.25, 0.3) is 5.57 Å². The number of carboxylic acid groups (broad SMARTS) is 1. The van der Waals surface area contributed by atoms with Gasteiger partial charge < -0.3 is 9.84 Å². The third-order valence-electron chi connectivity index (χ3n) is 2.67. The van der Waals surface area contributed by atoms with E-state index < -0.39 is 5.97 Å². The first-order valence-electron chi connectivity index (χ1n) is 6.28. The zero-order valence-corrected chi connectivity index (χ0v) is 11.0. The Kier molecular flexibility index (Phi) is 5.98. The van der Waals surface area contributed by atoms with E-state index in [4.69, 9.17) is 9.84 Å². The Bertz CT molecular complexity index is 404. The second-order valence-corrected chi connectivity index (χ2v) is 4.25. The Morgan fingerprint density at radius 2 is 1.94 bits per heavy atom. The van der Waals surface area contributed by atoms with Gasteiger partial charge in [-0.05, 0) is 36.6 Å². The van der Waals surface area contributed by atoms with Crippen LogP contribution in [0.4, 0.5) is 0 Å². The summed E-state index contributed by atoms with van der Waals surface area (Å²) in [6.45, 7) is 4.68. The van der Waals surface area contributed by atoms with Gasteiger partial charge in [-0.1, -0.05) is 31.9 Å². The van der Waals surface area contributed by atoms with Crippen LogP contribution in [0.5, 0.6) is 5.75 Å². The number of hydrogen-bond donors (Lipinski definition) is 1. The van der Waals surface area contributed by atoms with Gasteiger partial charge in [0.25, 0.3) is 0 Å². The van der Waals surface area contributed by atoms with Crippen molar-refractivity contribution in [1.29, 1.82) is 0 Å². The Hall–Kier alpha value is -1.77. The second-order valence-electron chi connectivity index (χ2n) is 4.25. The number of carbonyl (C=O) groups is 1. The maximum atomic E-state index is 10.6. The number of hydrogen-bond acceptors (Lipinski definition) is 2. The topological polar surface area (TPSA) is 46.5 Å². The fourth-order valence-corrected chi connectivity index (χ4v) is 1.62. The molecule has 0 aliphatic heterocycles. The van der Waals surface area contributed by atoms with Gasteiger partial charge in [0, 0.05) is 6.08 Å². The van der Waals surface area contributed by atoms with Gasteiger partial charge in [-0.15, -0.1) is 0 Å². The lowest BCUT2D eigenvalue weighted by Crippen LogP contribution is -1.97. The average molecular weight is 248 g/mol. The number of unbranched alkanes of at least 4 members (excludes halogenated alkanes) is 2. The number of allylic oxidation sites excluding steroid dienone is 1. The van der Waals surface area contributed by atoms with Crippen molar-refractivity contribution in [2.45, 2.75) is 33.1 Å². The van der Waals surface area contributed by atoms with Gasteiger partial charge in [-0.3, -0.25) is 0 Å². The zero-order valence-electron chi connectivity index (χ0n) is 11.0. The molecule has 18 heavy (non-hydrogen) atoms. The molecular weight excluding hydrogens is 228 g/mol. The van der Waals surface area contributed by atoms with E-state index in [0.29, 0.717) is 0 Å². The summed E-state index contributed by atoms with van der Waals surface area (Å²) in [5.41, 5.74) is 1.64. The molecule has 1 rings (SSSR count). The van der Waals surface area contributed by atoms with Crippen molar-refractivity contribution in [3.05, 3.63) is 35.9 Å². The minimum Gasteiger partial charge on any atom is -0.494 e. The zero-order chi connectivity index (χ0) is 13.4. The fourth-order valence-electron chi connectivity index (χ4n) is 1.62. The SMILES string of the molecule is CCCCCOc1ccc(/C(C)=C/C(=O)O)cc1. The lowest BCUT2D eigenvalue weighted by atomic mass is 10.1. The highest BCUT2D eigenvalue weighted by molar-refractivity contribution is 5.89. The number of ether oxygens (including phenoxy) is 1. The first-order valence-corrected chi connectivity index (χ1v) is 6.28. The third-order valence-corrected chi connectivity index (χ3v) is 2.67. The number of rotatable bonds is 7. The molecule has 98 valence electrons. The van der Waals surface area contributed by atoms with Gasteiger partial charge in [-0.25, -0.2) is 4.79 Å². The molecular formula is C15H20O3. The molecule has 1 aromatic rings. The molecule has 0 aliphatic carbocycles. The van der Waals surface area contributed by atoms with Crippen molar-refractivity contribution < 1.29 is 14.6 Å². The van der Waals surface area contributed by atoms with Crippen LogP contribution in [0.2, 0.25) is 0 Å². The first-order chi connectivity index (χ1) is 8.63. The molecule has 0 radical (unpaired) electrons. The second kappa shape index (κ2) is 7.54. The van der Waals surface area contributed by atoms with E-state index in [2.05, 4.69) is 6.92 Å². The summed E-state index contributed by atoms with van der Waals surface area (Å²) in [5.74, 6) is -0.0922. The van der Waals surface area contributed by atoms with Crippen LogP contribution in [-0.2, 0) is 4.79 Å². The molecule has 0 aliphatic rings. The molecule has 0 amide bonds. The van der Waals surface area contributed by atoms with Gasteiger partial charge in [0.1, 0.15) is 5.75 Å². The van der Waals surface area contributed by atoms with Gasteiger partial charge >= 0.3 is 5.97 Å². The minimum absolute atomic E-state index is 0.733. The predicted molar refractivity (Wildman–Crippen MR) is 72.7 cm³/mol. The Labute approximate surface area is 108 Å². The third kappa shape index (κ3) is 5.04. The van der Waals surface area contributed by atoms with E-state index in [9.17, 15) is 4.79 Å². The van der Waals surface area contributed by atoms with Crippen molar-refractivity contribution in [2.24, 2.45) is 0 Å². The van der Waals surface area contributed by atoms with Crippen molar-refractivity contribution in [2.75, 3.05) is 6.61 Å². The molecule has 0 fully saturated rings. The summed E-state index contributed by atoms with van der Waals surface area (Å²) in [6, 6.07) is 7.51. The molecule has 1 N–H and O–H groups in total. The number of aliphatic carboxylic acids is 1. The minimum atomic E-state index is -0.924. The van der Waals surface area contributed by atoms with E-state index >= 15 is 0 Å². The van der Waals surface area contributed by atoms with E-state index in [1.54, 1.807) is 6.92 Å². The molecule has 0 bridgehead atoms. The van der Waals surface area contributed by atoms with Crippen LogP contribution in [0.1, 0.15) is 38.7 Å². The van der Waals surface area contributed by atoms with Crippen molar-refractivity contribution in [1.82, 2.24) is 0 Å². The molecule has 0 saturated heterocycles. The van der Waals surface area contributed by atoms with Crippen LogP contribution in [-0.4, -0.2) is 17.7 Å². The van der Waals surface area contributed by atoms with Crippen LogP contribution < -0.4 is 4.74 Å². The summed E-state index contributed by atoms with van der Waals surface area (Å²) < 4.78 is 5.59. The van der Waals surface area contributed by atoms with Crippen LogP contribution in [0.3, 0.4) is 0 Å². The summed E-state index contributed by atoms with van der Waals surface area (Å²) >= 11 is 0. The standard InChI is InChI=1S/C15H20O3/c1-3-4-5-10-18-14-8-6-13(7-9-14)12(2)11-15(16)17/h6-9,11H,3-5,10H2,1-2H3,(H,16,17)/b12-11+. The molecule has 3 heteroatoms. The molecule has 1 aromatic carbocycles. The first kappa shape index (κ1) is 14.3. The van der Waals surface area contributed by atoms with Gasteiger partial charge in [-0.2, -0.15) is 0 Å². The fraction of sp³-hybridized carbons (Fsp3) is 0.400.